The molecule has 16 heavy (non-hydrogen) atoms. The highest BCUT2D eigenvalue weighted by Crippen LogP contribution is 2.24. The van der Waals surface area contributed by atoms with E-state index in [1.165, 1.54) is 12.1 Å². The van der Waals surface area contributed by atoms with Gasteiger partial charge in [-0.15, -0.1) is 0 Å². The Balaban J connectivity index is 2.43. The lowest BCUT2D eigenvalue weighted by atomic mass is 9.92. The summed E-state index contributed by atoms with van der Waals surface area (Å²) in [6, 6.07) is 5.96. The Morgan fingerprint density at radius 2 is 2.19 bits per heavy atom. The van der Waals surface area contributed by atoms with Gasteiger partial charge in [0, 0.05) is 7.05 Å². The minimum Gasteiger partial charge on any atom is -0.338 e. The number of halogens is 1. The third-order valence-corrected chi connectivity index (χ3v) is 2.68. The zero-order chi connectivity index (χ0) is 11.8. The maximum absolute atomic E-state index is 13.1. The highest BCUT2D eigenvalue weighted by Gasteiger charge is 2.42. The van der Waals surface area contributed by atoms with Crippen molar-refractivity contribution in [2.24, 2.45) is 4.99 Å². The van der Waals surface area contributed by atoms with E-state index in [2.05, 4.69) is 15.6 Å². The van der Waals surface area contributed by atoms with Crippen molar-refractivity contribution < 1.29 is 9.18 Å². The lowest BCUT2D eigenvalue weighted by Crippen LogP contribution is -2.40. The molecule has 1 atom stereocenters. The molecule has 1 aliphatic rings. The lowest BCUT2D eigenvalue weighted by molar-refractivity contribution is -0.123. The number of carbonyl (C=O) groups is 1. The maximum Gasteiger partial charge on any atom is 0.256 e. The van der Waals surface area contributed by atoms with Gasteiger partial charge >= 0.3 is 0 Å². The molecule has 0 bridgehead atoms. The van der Waals surface area contributed by atoms with Crippen LogP contribution < -0.4 is 10.6 Å². The van der Waals surface area contributed by atoms with Crippen LogP contribution in [0.25, 0.3) is 0 Å². The van der Waals surface area contributed by atoms with Crippen LogP contribution in [-0.2, 0) is 10.3 Å². The first-order chi connectivity index (χ1) is 7.56. The van der Waals surface area contributed by atoms with Crippen LogP contribution in [0.1, 0.15) is 12.5 Å². The maximum atomic E-state index is 13.1. The first kappa shape index (κ1) is 10.6. The van der Waals surface area contributed by atoms with Gasteiger partial charge in [0.1, 0.15) is 11.4 Å². The number of guanidine groups is 1. The van der Waals surface area contributed by atoms with Crippen molar-refractivity contribution in [2.45, 2.75) is 12.5 Å². The van der Waals surface area contributed by atoms with Gasteiger partial charge in [-0.05, 0) is 24.6 Å². The van der Waals surface area contributed by atoms with Crippen molar-refractivity contribution in [3.05, 3.63) is 35.6 Å². The number of carbonyl (C=O) groups excluding carboxylic acids is 1. The number of aliphatic imine (C=N–C) groups is 1. The summed E-state index contributed by atoms with van der Waals surface area (Å²) in [5.74, 6) is -0.203. The van der Waals surface area contributed by atoms with Crippen LogP contribution >= 0.6 is 0 Å². The highest BCUT2D eigenvalue weighted by atomic mass is 19.1. The fourth-order valence-corrected chi connectivity index (χ4v) is 1.67. The molecule has 0 radical (unpaired) electrons. The van der Waals surface area contributed by atoms with E-state index in [4.69, 9.17) is 0 Å². The van der Waals surface area contributed by atoms with E-state index in [9.17, 15) is 9.18 Å². The van der Waals surface area contributed by atoms with Crippen molar-refractivity contribution in [1.82, 2.24) is 10.6 Å². The minimum atomic E-state index is -0.961. The smallest absolute Gasteiger partial charge is 0.256 e. The molecule has 1 unspecified atom stereocenters. The number of amides is 1. The third-order valence-electron chi connectivity index (χ3n) is 2.68. The van der Waals surface area contributed by atoms with E-state index >= 15 is 0 Å². The molecule has 0 aromatic heterocycles. The zero-order valence-corrected chi connectivity index (χ0v) is 9.04. The van der Waals surface area contributed by atoms with E-state index < -0.39 is 5.54 Å². The Morgan fingerprint density at radius 3 is 2.75 bits per heavy atom. The van der Waals surface area contributed by atoms with Gasteiger partial charge in [-0.2, -0.15) is 0 Å². The molecule has 1 saturated heterocycles. The fraction of sp³-hybridized carbons (Fsp3) is 0.273. The van der Waals surface area contributed by atoms with Crippen molar-refractivity contribution in [2.75, 3.05) is 7.05 Å². The summed E-state index contributed by atoms with van der Waals surface area (Å²) in [5.41, 5.74) is -0.389. The zero-order valence-electron chi connectivity index (χ0n) is 9.04. The molecule has 1 aliphatic heterocycles. The third kappa shape index (κ3) is 1.54. The first-order valence-corrected chi connectivity index (χ1v) is 4.89. The first-order valence-electron chi connectivity index (χ1n) is 4.89. The molecule has 2 N–H and O–H groups in total. The summed E-state index contributed by atoms with van der Waals surface area (Å²) >= 11 is 0. The molecule has 1 fully saturated rings. The van der Waals surface area contributed by atoms with Crippen molar-refractivity contribution >= 4 is 11.9 Å². The molecule has 0 spiro atoms. The summed E-state index contributed by atoms with van der Waals surface area (Å²) in [6.45, 7) is 1.69. The van der Waals surface area contributed by atoms with Gasteiger partial charge in [0.25, 0.3) is 5.91 Å². The number of benzene rings is 1. The molecule has 4 nitrogen and oxygen atoms in total. The van der Waals surface area contributed by atoms with Crippen LogP contribution in [0.4, 0.5) is 4.39 Å². The molecule has 5 heteroatoms. The molecule has 0 aliphatic carbocycles. The second-order valence-corrected chi connectivity index (χ2v) is 3.79. The number of nitrogens with zero attached hydrogens (tertiary/aromatic N) is 1. The van der Waals surface area contributed by atoms with Gasteiger partial charge in [-0.3, -0.25) is 15.1 Å². The number of nitrogens with one attached hydrogen (secondary N) is 2. The summed E-state index contributed by atoms with van der Waals surface area (Å²) < 4.78 is 13.1. The van der Waals surface area contributed by atoms with E-state index in [-0.39, 0.29) is 11.7 Å². The summed E-state index contributed by atoms with van der Waals surface area (Å²) in [7, 11) is 1.57. The van der Waals surface area contributed by atoms with Crippen LogP contribution in [0.15, 0.2) is 29.3 Å². The predicted octanol–water partition coefficient (Wildman–Crippen LogP) is 0.746. The molecular formula is C11H12FN3O. The number of rotatable bonds is 1. The van der Waals surface area contributed by atoms with Crippen LogP contribution in [-0.4, -0.2) is 18.9 Å². The standard InChI is InChI=1S/C11H12FN3O/c1-11(7-4-3-5-8(12)6-7)9(16)14-10(13-2)15-11/h3-6H,1-2H3,(H2,13,14,15,16). The average molecular weight is 221 g/mol. The van der Waals surface area contributed by atoms with Gasteiger partial charge < -0.3 is 5.32 Å². The van der Waals surface area contributed by atoms with Crippen molar-refractivity contribution in [3.63, 3.8) is 0 Å². The molecule has 1 amide bonds. The molecule has 1 heterocycles. The number of hydrogen-bond donors (Lipinski definition) is 2. The summed E-state index contributed by atoms with van der Waals surface area (Å²) in [4.78, 5) is 15.7. The monoisotopic (exact) mass is 221 g/mol. The minimum absolute atomic E-state index is 0.237. The molecule has 1 aromatic carbocycles. The van der Waals surface area contributed by atoms with Crippen LogP contribution in [0, 0.1) is 5.82 Å². The van der Waals surface area contributed by atoms with Crippen LogP contribution in [0.5, 0.6) is 0 Å². The molecule has 1 aromatic rings. The highest BCUT2D eigenvalue weighted by molar-refractivity contribution is 6.09. The largest absolute Gasteiger partial charge is 0.338 e. The Bertz CT molecular complexity index is 472. The quantitative estimate of drug-likeness (QED) is 0.735. The van der Waals surface area contributed by atoms with Crippen LogP contribution in [0.3, 0.4) is 0 Å². The lowest BCUT2D eigenvalue weighted by Gasteiger charge is -2.21. The van der Waals surface area contributed by atoms with Crippen molar-refractivity contribution in [3.8, 4) is 0 Å². The van der Waals surface area contributed by atoms with E-state index in [0.29, 0.717) is 11.5 Å². The Kier molecular flexibility index (Phi) is 2.38. The number of hydrogen-bond acceptors (Lipinski definition) is 2. The summed E-state index contributed by atoms with van der Waals surface area (Å²) in [5, 5.41) is 5.52. The predicted molar refractivity (Wildman–Crippen MR) is 58.4 cm³/mol. The van der Waals surface area contributed by atoms with E-state index in [0.717, 1.165) is 0 Å². The molecular weight excluding hydrogens is 209 g/mol. The molecule has 0 saturated carbocycles. The van der Waals surface area contributed by atoms with E-state index in [1.807, 2.05) is 0 Å². The second kappa shape index (κ2) is 3.59. The van der Waals surface area contributed by atoms with Crippen molar-refractivity contribution in [1.29, 1.82) is 0 Å². The summed E-state index contributed by atoms with van der Waals surface area (Å²) in [6.07, 6.45) is 0. The van der Waals surface area contributed by atoms with Gasteiger partial charge in [0.15, 0.2) is 5.96 Å². The molecule has 2 rings (SSSR count). The fourth-order valence-electron chi connectivity index (χ4n) is 1.67. The molecule has 84 valence electrons. The second-order valence-electron chi connectivity index (χ2n) is 3.79. The van der Waals surface area contributed by atoms with Gasteiger partial charge in [-0.25, -0.2) is 4.39 Å². The Hall–Kier alpha value is -1.91. The Labute approximate surface area is 92.6 Å². The normalized spacial score (nSPS) is 26.7. The van der Waals surface area contributed by atoms with Gasteiger partial charge in [0.05, 0.1) is 0 Å². The van der Waals surface area contributed by atoms with Gasteiger partial charge in [-0.1, -0.05) is 12.1 Å². The Morgan fingerprint density at radius 1 is 1.44 bits per heavy atom. The average Bonchev–Trinajstić information content (AvgIpc) is 2.56. The van der Waals surface area contributed by atoms with Crippen LogP contribution in [0.2, 0.25) is 0 Å². The topological polar surface area (TPSA) is 53.5 Å². The SMILES string of the molecule is CN=C1NC(=O)C(C)(c2cccc(F)c2)N1. The van der Waals surface area contributed by atoms with Gasteiger partial charge in [0.2, 0.25) is 0 Å². The van der Waals surface area contributed by atoms with E-state index in [1.54, 1.807) is 26.1 Å².